The molecule has 0 unspecified atom stereocenters. The predicted molar refractivity (Wildman–Crippen MR) is 65.1 cm³/mol. The molecular formula is C14H22O. The number of benzene rings is 1. The topological polar surface area (TPSA) is 20.2 Å². The average Bonchev–Trinajstić information content (AvgIpc) is 2.11. The summed E-state index contributed by atoms with van der Waals surface area (Å²) in [6.07, 6.45) is 1.82. The molecule has 0 fully saturated rings. The SMILES string of the molecule is CCC[C@@](C)(O)c1cc(C)c(C)cc1C. The van der Waals surface area contributed by atoms with E-state index in [0.29, 0.717) is 0 Å². The summed E-state index contributed by atoms with van der Waals surface area (Å²) in [5, 5.41) is 10.4. The lowest BCUT2D eigenvalue weighted by Crippen LogP contribution is -2.22. The van der Waals surface area contributed by atoms with Crippen molar-refractivity contribution in [2.75, 3.05) is 0 Å². The third-order valence-electron chi connectivity index (χ3n) is 3.16. The molecule has 0 spiro atoms. The van der Waals surface area contributed by atoms with E-state index < -0.39 is 5.60 Å². The van der Waals surface area contributed by atoms with Crippen molar-refractivity contribution in [1.29, 1.82) is 0 Å². The molecule has 1 aromatic carbocycles. The first kappa shape index (κ1) is 12.3. The molecule has 0 aliphatic carbocycles. The maximum absolute atomic E-state index is 10.4. The van der Waals surface area contributed by atoms with E-state index in [2.05, 4.69) is 39.8 Å². The number of hydrogen-bond donors (Lipinski definition) is 1. The molecule has 0 bridgehead atoms. The van der Waals surface area contributed by atoms with Crippen molar-refractivity contribution >= 4 is 0 Å². The third kappa shape index (κ3) is 2.60. The molecule has 15 heavy (non-hydrogen) atoms. The molecule has 1 rings (SSSR count). The summed E-state index contributed by atoms with van der Waals surface area (Å²) in [6.45, 7) is 10.3. The number of aryl methyl sites for hydroxylation is 3. The van der Waals surface area contributed by atoms with Gasteiger partial charge in [0.1, 0.15) is 0 Å². The number of rotatable bonds is 3. The molecule has 1 N–H and O–H groups in total. The summed E-state index contributed by atoms with van der Waals surface area (Å²) in [5.74, 6) is 0. The minimum Gasteiger partial charge on any atom is -0.385 e. The minimum atomic E-state index is -0.683. The average molecular weight is 206 g/mol. The molecule has 0 saturated heterocycles. The fraction of sp³-hybridized carbons (Fsp3) is 0.571. The van der Waals surface area contributed by atoms with Gasteiger partial charge in [-0.25, -0.2) is 0 Å². The molecule has 0 saturated carbocycles. The lowest BCUT2D eigenvalue weighted by atomic mass is 9.86. The highest BCUT2D eigenvalue weighted by Crippen LogP contribution is 2.30. The van der Waals surface area contributed by atoms with Gasteiger partial charge in [-0.3, -0.25) is 0 Å². The first-order chi connectivity index (χ1) is 6.88. The Morgan fingerprint density at radius 3 is 2.13 bits per heavy atom. The largest absolute Gasteiger partial charge is 0.385 e. The Morgan fingerprint density at radius 2 is 1.60 bits per heavy atom. The first-order valence-electron chi connectivity index (χ1n) is 5.69. The summed E-state index contributed by atoms with van der Waals surface area (Å²) in [5.41, 5.74) is 4.14. The summed E-state index contributed by atoms with van der Waals surface area (Å²) < 4.78 is 0. The Bertz CT molecular complexity index is 351. The monoisotopic (exact) mass is 206 g/mol. The van der Waals surface area contributed by atoms with Crippen LogP contribution >= 0.6 is 0 Å². The van der Waals surface area contributed by atoms with Gasteiger partial charge in [-0.05, 0) is 56.4 Å². The van der Waals surface area contributed by atoms with Crippen LogP contribution in [0.4, 0.5) is 0 Å². The zero-order valence-corrected chi connectivity index (χ0v) is 10.5. The van der Waals surface area contributed by atoms with Gasteiger partial charge in [0.2, 0.25) is 0 Å². The summed E-state index contributed by atoms with van der Waals surface area (Å²) in [6, 6.07) is 4.29. The molecule has 0 aromatic heterocycles. The standard InChI is InChI=1S/C14H22O/c1-6-7-14(5,15)13-9-11(3)10(2)8-12(13)4/h8-9,15H,6-7H2,1-5H3/t14-/m1/s1. The first-order valence-corrected chi connectivity index (χ1v) is 5.69. The van der Waals surface area contributed by atoms with Crippen LogP contribution in [0.25, 0.3) is 0 Å². The van der Waals surface area contributed by atoms with Crippen LogP contribution in [0.1, 0.15) is 48.9 Å². The molecule has 1 atom stereocenters. The van der Waals surface area contributed by atoms with Crippen LogP contribution in [0.2, 0.25) is 0 Å². The van der Waals surface area contributed by atoms with Crippen molar-refractivity contribution in [3.63, 3.8) is 0 Å². The highest BCUT2D eigenvalue weighted by atomic mass is 16.3. The van der Waals surface area contributed by atoms with Crippen LogP contribution in [0.15, 0.2) is 12.1 Å². The van der Waals surface area contributed by atoms with E-state index in [1.165, 1.54) is 16.7 Å². The van der Waals surface area contributed by atoms with Crippen LogP contribution in [-0.2, 0) is 5.60 Å². The fourth-order valence-electron chi connectivity index (χ4n) is 2.16. The summed E-state index contributed by atoms with van der Waals surface area (Å²) >= 11 is 0. The van der Waals surface area contributed by atoms with E-state index in [-0.39, 0.29) is 0 Å². The lowest BCUT2D eigenvalue weighted by molar-refractivity contribution is 0.0463. The molecule has 0 heterocycles. The van der Waals surface area contributed by atoms with Crippen LogP contribution in [0, 0.1) is 20.8 Å². The van der Waals surface area contributed by atoms with Gasteiger partial charge in [0.05, 0.1) is 5.60 Å². The Kier molecular flexibility index (Phi) is 3.56. The van der Waals surface area contributed by atoms with Crippen molar-refractivity contribution in [2.24, 2.45) is 0 Å². The maximum atomic E-state index is 10.4. The van der Waals surface area contributed by atoms with Gasteiger partial charge in [-0.1, -0.05) is 25.5 Å². The molecule has 0 aliphatic heterocycles. The van der Waals surface area contributed by atoms with Crippen LogP contribution in [0.3, 0.4) is 0 Å². The zero-order valence-electron chi connectivity index (χ0n) is 10.5. The summed E-state index contributed by atoms with van der Waals surface area (Å²) in [7, 11) is 0. The van der Waals surface area contributed by atoms with Crippen molar-refractivity contribution in [3.05, 3.63) is 34.4 Å². The van der Waals surface area contributed by atoms with Crippen LogP contribution in [-0.4, -0.2) is 5.11 Å². The van der Waals surface area contributed by atoms with Gasteiger partial charge in [-0.15, -0.1) is 0 Å². The fourth-order valence-corrected chi connectivity index (χ4v) is 2.16. The highest BCUT2D eigenvalue weighted by molar-refractivity contribution is 5.39. The molecule has 0 amide bonds. The third-order valence-corrected chi connectivity index (χ3v) is 3.16. The number of aliphatic hydroxyl groups is 1. The summed E-state index contributed by atoms with van der Waals surface area (Å²) in [4.78, 5) is 0. The van der Waals surface area contributed by atoms with Crippen LogP contribution < -0.4 is 0 Å². The molecule has 0 aliphatic rings. The Labute approximate surface area is 93.1 Å². The Morgan fingerprint density at radius 1 is 1.07 bits per heavy atom. The minimum absolute atomic E-state index is 0.683. The van der Waals surface area contributed by atoms with Crippen molar-refractivity contribution in [3.8, 4) is 0 Å². The van der Waals surface area contributed by atoms with Gasteiger partial charge in [0, 0.05) is 0 Å². The molecule has 0 radical (unpaired) electrons. The van der Waals surface area contributed by atoms with Crippen molar-refractivity contribution in [1.82, 2.24) is 0 Å². The predicted octanol–water partition coefficient (Wildman–Crippen LogP) is 3.62. The van der Waals surface area contributed by atoms with Crippen LogP contribution in [0.5, 0.6) is 0 Å². The van der Waals surface area contributed by atoms with E-state index in [9.17, 15) is 5.11 Å². The Hall–Kier alpha value is -0.820. The molecule has 1 aromatic rings. The second-order valence-electron chi connectivity index (χ2n) is 4.78. The second-order valence-corrected chi connectivity index (χ2v) is 4.78. The molecule has 1 heteroatoms. The molecule has 84 valence electrons. The van der Waals surface area contributed by atoms with Gasteiger partial charge >= 0.3 is 0 Å². The maximum Gasteiger partial charge on any atom is 0.0871 e. The van der Waals surface area contributed by atoms with E-state index in [1.54, 1.807) is 0 Å². The number of hydrogen-bond acceptors (Lipinski definition) is 1. The molecular weight excluding hydrogens is 184 g/mol. The smallest absolute Gasteiger partial charge is 0.0871 e. The quantitative estimate of drug-likeness (QED) is 0.801. The zero-order chi connectivity index (χ0) is 11.6. The van der Waals surface area contributed by atoms with Gasteiger partial charge in [0.15, 0.2) is 0 Å². The normalized spacial score (nSPS) is 15.1. The lowest BCUT2D eigenvalue weighted by Gasteiger charge is -2.26. The van der Waals surface area contributed by atoms with Gasteiger partial charge in [0.25, 0.3) is 0 Å². The van der Waals surface area contributed by atoms with Crippen molar-refractivity contribution in [2.45, 2.75) is 53.1 Å². The van der Waals surface area contributed by atoms with E-state index in [1.807, 2.05) is 6.92 Å². The van der Waals surface area contributed by atoms with E-state index in [4.69, 9.17) is 0 Å². The highest BCUT2D eigenvalue weighted by Gasteiger charge is 2.24. The van der Waals surface area contributed by atoms with Gasteiger partial charge < -0.3 is 5.11 Å². The second kappa shape index (κ2) is 4.36. The Balaban J connectivity index is 3.19. The van der Waals surface area contributed by atoms with E-state index >= 15 is 0 Å². The van der Waals surface area contributed by atoms with E-state index in [0.717, 1.165) is 18.4 Å². The molecule has 1 nitrogen and oxygen atoms in total. The van der Waals surface area contributed by atoms with Gasteiger partial charge in [-0.2, -0.15) is 0 Å². The van der Waals surface area contributed by atoms with Crippen molar-refractivity contribution < 1.29 is 5.11 Å².